The fourth-order valence-electron chi connectivity index (χ4n) is 2.17. The third-order valence-electron chi connectivity index (χ3n) is 3.00. The zero-order valence-electron chi connectivity index (χ0n) is 13.4. The molecule has 0 saturated heterocycles. The smallest absolute Gasteiger partial charge is 0.410 e. The van der Waals surface area contributed by atoms with E-state index in [-0.39, 0.29) is 25.7 Å². The predicted molar refractivity (Wildman–Crippen MR) is 87.4 cm³/mol. The van der Waals surface area contributed by atoms with Crippen LogP contribution in [0.2, 0.25) is 0 Å². The van der Waals surface area contributed by atoms with Gasteiger partial charge in [0.25, 0.3) is 10.1 Å². The zero-order valence-corrected chi connectivity index (χ0v) is 14.2. The van der Waals surface area contributed by atoms with Crippen LogP contribution >= 0.6 is 0 Å². The Morgan fingerprint density at radius 1 is 1.26 bits per heavy atom. The van der Waals surface area contributed by atoms with Gasteiger partial charge in [0, 0.05) is 19.1 Å². The minimum atomic E-state index is -4.09. The molecule has 1 amide bonds. The highest BCUT2D eigenvalue weighted by atomic mass is 32.2. The van der Waals surface area contributed by atoms with E-state index < -0.39 is 27.9 Å². The molecule has 0 aliphatic rings. The first kappa shape index (κ1) is 19.4. The van der Waals surface area contributed by atoms with E-state index in [1.54, 1.807) is 13.8 Å². The number of rotatable bonds is 8. The van der Waals surface area contributed by atoms with Crippen LogP contribution < -0.4 is 5.73 Å². The molecule has 23 heavy (non-hydrogen) atoms. The molecule has 0 heterocycles. The van der Waals surface area contributed by atoms with Crippen LogP contribution in [0, 0.1) is 5.92 Å². The number of hydrogen-bond donors (Lipinski definition) is 2. The molecule has 0 radical (unpaired) electrons. The molecule has 0 spiro atoms. The van der Waals surface area contributed by atoms with Crippen LogP contribution in [0.5, 0.6) is 0 Å². The molecule has 0 aliphatic heterocycles. The highest BCUT2D eigenvalue weighted by Crippen LogP contribution is 2.08. The molecule has 130 valence electrons. The maximum atomic E-state index is 12.2. The van der Waals surface area contributed by atoms with E-state index in [4.69, 9.17) is 15.0 Å². The molecule has 0 saturated carbocycles. The van der Waals surface area contributed by atoms with Crippen LogP contribution in [0.1, 0.15) is 19.4 Å². The second-order valence-corrected chi connectivity index (χ2v) is 7.27. The van der Waals surface area contributed by atoms with Crippen LogP contribution in [-0.2, 0) is 21.5 Å². The van der Waals surface area contributed by atoms with Gasteiger partial charge in [-0.05, 0) is 18.4 Å². The van der Waals surface area contributed by atoms with Crippen molar-refractivity contribution in [2.45, 2.75) is 26.5 Å². The summed E-state index contributed by atoms with van der Waals surface area (Å²) >= 11 is 0. The third kappa shape index (κ3) is 8.53. The number of nitrogens with zero attached hydrogens (tertiary/aromatic N) is 1. The molecule has 0 aromatic heterocycles. The molecule has 7 nitrogen and oxygen atoms in total. The first-order valence-electron chi connectivity index (χ1n) is 7.33. The van der Waals surface area contributed by atoms with Gasteiger partial charge in [0.2, 0.25) is 0 Å². The number of carbonyl (C=O) groups excluding carboxylic acids is 1. The second-order valence-electron chi connectivity index (χ2n) is 5.78. The fourth-order valence-corrected chi connectivity index (χ4v) is 2.99. The quantitative estimate of drug-likeness (QED) is 0.692. The molecule has 1 aromatic carbocycles. The summed E-state index contributed by atoms with van der Waals surface area (Å²) in [6.07, 6.45) is -0.562. The van der Waals surface area contributed by atoms with E-state index in [1.165, 1.54) is 4.90 Å². The number of benzene rings is 1. The van der Waals surface area contributed by atoms with Crippen LogP contribution in [0.25, 0.3) is 0 Å². The summed E-state index contributed by atoms with van der Waals surface area (Å²) in [5, 5.41) is 0. The highest BCUT2D eigenvalue weighted by molar-refractivity contribution is 7.85. The Morgan fingerprint density at radius 3 is 2.39 bits per heavy atom. The number of amides is 1. The number of nitrogens with two attached hydrogens (primary N) is 1. The van der Waals surface area contributed by atoms with E-state index >= 15 is 0 Å². The van der Waals surface area contributed by atoms with Crippen LogP contribution in [0.15, 0.2) is 30.3 Å². The molecular formula is C15H24N2O5S. The van der Waals surface area contributed by atoms with Gasteiger partial charge in [-0.25, -0.2) is 4.79 Å². The normalized spacial score (nSPS) is 14.1. The Bertz CT molecular complexity index is 589. The SMILES string of the molecule is C[C@H](CN(C[C@H](C)N)C(=O)OCc1ccccc1)CS(=O)(=O)O. The van der Waals surface area contributed by atoms with Gasteiger partial charge in [0.1, 0.15) is 6.61 Å². The Morgan fingerprint density at radius 2 is 1.87 bits per heavy atom. The monoisotopic (exact) mass is 344 g/mol. The molecule has 1 aromatic rings. The van der Waals surface area contributed by atoms with Crippen molar-refractivity contribution in [1.82, 2.24) is 4.90 Å². The van der Waals surface area contributed by atoms with E-state index in [2.05, 4.69) is 0 Å². The average Bonchev–Trinajstić information content (AvgIpc) is 2.42. The van der Waals surface area contributed by atoms with E-state index in [1.807, 2.05) is 30.3 Å². The largest absolute Gasteiger partial charge is 0.445 e. The van der Waals surface area contributed by atoms with Gasteiger partial charge in [-0.15, -0.1) is 0 Å². The number of ether oxygens (including phenoxy) is 1. The average molecular weight is 344 g/mol. The fraction of sp³-hybridized carbons (Fsp3) is 0.533. The topological polar surface area (TPSA) is 110 Å². The minimum absolute atomic E-state index is 0.127. The molecule has 1 rings (SSSR count). The first-order valence-corrected chi connectivity index (χ1v) is 8.94. The Hall–Kier alpha value is -1.64. The van der Waals surface area contributed by atoms with Crippen LogP contribution in [-0.4, -0.2) is 48.8 Å². The lowest BCUT2D eigenvalue weighted by atomic mass is 10.2. The number of hydrogen-bond acceptors (Lipinski definition) is 5. The third-order valence-corrected chi connectivity index (χ3v) is 3.99. The van der Waals surface area contributed by atoms with Gasteiger partial charge in [0.05, 0.1) is 5.75 Å². The second kappa shape index (κ2) is 8.85. The lowest BCUT2D eigenvalue weighted by Gasteiger charge is -2.26. The summed E-state index contributed by atoms with van der Waals surface area (Å²) < 4.78 is 36.0. The summed E-state index contributed by atoms with van der Waals surface area (Å²) in [5.74, 6) is -0.859. The Balaban J connectivity index is 2.63. The van der Waals surface area contributed by atoms with Gasteiger partial charge in [-0.1, -0.05) is 37.3 Å². The summed E-state index contributed by atoms with van der Waals surface area (Å²) in [6.45, 7) is 3.87. The van der Waals surface area contributed by atoms with E-state index in [0.717, 1.165) is 5.56 Å². The van der Waals surface area contributed by atoms with Crippen LogP contribution in [0.3, 0.4) is 0 Å². The molecule has 0 fully saturated rings. The highest BCUT2D eigenvalue weighted by Gasteiger charge is 2.22. The molecule has 3 N–H and O–H groups in total. The maximum absolute atomic E-state index is 12.2. The van der Waals surface area contributed by atoms with Crippen molar-refractivity contribution in [3.05, 3.63) is 35.9 Å². The Kier molecular flexibility index (Phi) is 7.47. The predicted octanol–water partition coefficient (Wildman–Crippen LogP) is 1.50. The standard InChI is InChI=1S/C15H24N2O5S/c1-12(11-23(19,20)21)8-17(9-13(2)16)15(18)22-10-14-6-4-3-5-7-14/h3-7,12-13H,8-11,16H2,1-2H3,(H,19,20,21)/t12-,13+/m1/s1. The molecule has 2 atom stereocenters. The lowest BCUT2D eigenvalue weighted by Crippen LogP contribution is -2.43. The summed E-state index contributed by atoms with van der Waals surface area (Å²) in [5.41, 5.74) is 6.58. The van der Waals surface area contributed by atoms with Gasteiger partial charge < -0.3 is 15.4 Å². The van der Waals surface area contributed by atoms with Crippen molar-refractivity contribution >= 4 is 16.2 Å². The molecule has 0 aliphatic carbocycles. The van der Waals surface area contributed by atoms with Gasteiger partial charge >= 0.3 is 6.09 Å². The van der Waals surface area contributed by atoms with Crippen molar-refractivity contribution < 1.29 is 22.5 Å². The van der Waals surface area contributed by atoms with E-state index in [0.29, 0.717) is 0 Å². The van der Waals surface area contributed by atoms with Crippen molar-refractivity contribution in [3.63, 3.8) is 0 Å². The molecule has 0 unspecified atom stereocenters. The lowest BCUT2D eigenvalue weighted by molar-refractivity contribution is 0.0903. The van der Waals surface area contributed by atoms with Gasteiger partial charge in [0.15, 0.2) is 0 Å². The Labute approximate surface area is 137 Å². The molecule has 8 heteroatoms. The maximum Gasteiger partial charge on any atom is 0.410 e. The summed E-state index contributed by atoms with van der Waals surface area (Å²) in [7, 11) is -4.09. The van der Waals surface area contributed by atoms with E-state index in [9.17, 15) is 13.2 Å². The van der Waals surface area contributed by atoms with Crippen molar-refractivity contribution in [2.75, 3.05) is 18.8 Å². The minimum Gasteiger partial charge on any atom is -0.445 e. The first-order chi connectivity index (χ1) is 10.7. The summed E-state index contributed by atoms with van der Waals surface area (Å²) in [6, 6.07) is 8.95. The van der Waals surface area contributed by atoms with Crippen molar-refractivity contribution in [1.29, 1.82) is 0 Å². The van der Waals surface area contributed by atoms with Gasteiger partial charge in [-0.2, -0.15) is 8.42 Å². The molecular weight excluding hydrogens is 320 g/mol. The van der Waals surface area contributed by atoms with Crippen LogP contribution in [0.4, 0.5) is 4.79 Å². The zero-order chi connectivity index (χ0) is 17.5. The van der Waals surface area contributed by atoms with Crippen molar-refractivity contribution in [2.24, 2.45) is 11.7 Å². The molecule has 0 bridgehead atoms. The summed E-state index contributed by atoms with van der Waals surface area (Å²) in [4.78, 5) is 13.6. The van der Waals surface area contributed by atoms with Gasteiger partial charge in [-0.3, -0.25) is 4.55 Å². The van der Waals surface area contributed by atoms with Crippen molar-refractivity contribution in [3.8, 4) is 0 Å². The number of carbonyl (C=O) groups is 1.